The van der Waals surface area contributed by atoms with E-state index in [1.54, 1.807) is 24.3 Å². The second-order valence-electron chi connectivity index (χ2n) is 15.0. The molecule has 4 rings (SSSR count). The number of fused-ring (bicyclic) bond motifs is 2. The van der Waals surface area contributed by atoms with E-state index in [0.717, 1.165) is 53.2 Å². The fourth-order valence-electron chi connectivity index (χ4n) is 6.80. The third-order valence-electron chi connectivity index (χ3n) is 9.71. The highest BCUT2D eigenvalue weighted by Gasteiger charge is 2.45. The van der Waals surface area contributed by atoms with Crippen molar-refractivity contribution in [1.29, 1.82) is 0 Å². The van der Waals surface area contributed by atoms with Gasteiger partial charge in [-0.2, -0.15) is 21.4 Å². The zero-order valence-electron chi connectivity index (χ0n) is 30.4. The Morgan fingerprint density at radius 3 is 1.98 bits per heavy atom. The first-order valence-electron chi connectivity index (χ1n) is 17.0. The molecule has 0 radical (unpaired) electrons. The summed E-state index contributed by atoms with van der Waals surface area (Å²) in [5.41, 5.74) is 4.08. The van der Waals surface area contributed by atoms with Crippen LogP contribution in [0.25, 0.3) is 0 Å². The smallest absolute Gasteiger partial charge is 0.294 e. The maximum Gasteiger partial charge on any atom is 0.294 e. The highest BCUT2D eigenvalue weighted by molar-refractivity contribution is 7.86. The van der Waals surface area contributed by atoms with E-state index in [2.05, 4.69) is 9.48 Å². The lowest BCUT2D eigenvalue weighted by atomic mass is 9.81. The molecule has 11 heteroatoms. The molecule has 0 aromatic heterocycles. The first-order chi connectivity index (χ1) is 23.1. The first-order valence-corrected chi connectivity index (χ1v) is 19.9. The maximum atomic E-state index is 12.4. The quantitative estimate of drug-likeness (QED) is 0.0918. The molecule has 270 valence electrons. The van der Waals surface area contributed by atoms with Crippen LogP contribution in [0.4, 0.5) is 11.4 Å². The average molecular weight is 724 g/mol. The molecule has 0 unspecified atom stereocenters. The molecule has 2 aliphatic rings. The molecule has 2 heterocycles. The van der Waals surface area contributed by atoms with Crippen molar-refractivity contribution in [2.24, 2.45) is 5.41 Å². The summed E-state index contributed by atoms with van der Waals surface area (Å²) in [6.07, 6.45) is 16.8. The monoisotopic (exact) mass is 723 g/mol. The van der Waals surface area contributed by atoms with Gasteiger partial charge in [-0.15, -0.1) is 0 Å². The number of benzene rings is 2. The van der Waals surface area contributed by atoms with Gasteiger partial charge in [-0.25, -0.2) is 0 Å². The van der Waals surface area contributed by atoms with E-state index in [4.69, 9.17) is 0 Å². The summed E-state index contributed by atoms with van der Waals surface area (Å²) >= 11 is 0. The molecule has 0 bridgehead atoms. The summed E-state index contributed by atoms with van der Waals surface area (Å²) in [6.45, 7) is 17.4. The number of rotatable bonds is 13. The fourth-order valence-corrected chi connectivity index (χ4v) is 7.82. The highest BCUT2D eigenvalue weighted by atomic mass is 32.2. The van der Waals surface area contributed by atoms with Gasteiger partial charge in [0.25, 0.3) is 20.2 Å². The summed E-state index contributed by atoms with van der Waals surface area (Å²) < 4.78 is 69.1. The van der Waals surface area contributed by atoms with Gasteiger partial charge in [0.15, 0.2) is 5.71 Å². The van der Waals surface area contributed by atoms with Gasteiger partial charge in [0.05, 0.1) is 15.2 Å². The van der Waals surface area contributed by atoms with Gasteiger partial charge >= 0.3 is 0 Å². The predicted octanol–water partition coefficient (Wildman–Crippen LogP) is 8.10. The van der Waals surface area contributed by atoms with Gasteiger partial charge in [-0.05, 0) is 75.6 Å². The predicted molar refractivity (Wildman–Crippen MR) is 200 cm³/mol. The maximum absolute atomic E-state index is 12.4. The van der Waals surface area contributed by atoms with Gasteiger partial charge in [0.2, 0.25) is 5.69 Å². The SMILES string of the molecule is CCN1/C(=C/C=C/C=C/C=C/C2=[N+](CCCCCC(=O)C(C)(C)C)c3ccc(S(=O)(=O)O)cc3C2(C)C)C(C)(C)c2cc(S(=O)(=O)O)ccc21. The van der Waals surface area contributed by atoms with Crippen LogP contribution < -0.4 is 4.90 Å². The molecule has 0 atom stereocenters. The first kappa shape index (κ1) is 39.2. The molecule has 0 aliphatic carbocycles. The van der Waals surface area contributed by atoms with Crippen LogP contribution in [-0.4, -0.2) is 55.1 Å². The molecule has 0 amide bonds. The Morgan fingerprint density at radius 2 is 1.38 bits per heavy atom. The van der Waals surface area contributed by atoms with Crippen molar-refractivity contribution in [2.75, 3.05) is 18.0 Å². The topological polar surface area (TPSA) is 132 Å². The minimum atomic E-state index is -4.36. The molecule has 2 aliphatic heterocycles. The molecule has 0 spiro atoms. The number of carbonyl (C=O) groups excluding carboxylic acids is 1. The molecule has 9 nitrogen and oxygen atoms in total. The number of ketones is 1. The summed E-state index contributed by atoms with van der Waals surface area (Å²) in [4.78, 5) is 14.3. The van der Waals surface area contributed by atoms with E-state index >= 15 is 0 Å². The largest absolute Gasteiger partial charge is 0.344 e. The highest BCUT2D eigenvalue weighted by Crippen LogP contribution is 2.48. The molecule has 2 N–H and O–H groups in total. The van der Waals surface area contributed by atoms with E-state index in [-0.39, 0.29) is 21.0 Å². The lowest BCUT2D eigenvalue weighted by Crippen LogP contribution is -2.28. The fraction of sp³-hybridized carbons (Fsp3) is 0.436. The number of unbranched alkanes of at least 4 members (excludes halogenated alkanes) is 2. The van der Waals surface area contributed by atoms with Crippen molar-refractivity contribution in [3.63, 3.8) is 0 Å². The van der Waals surface area contributed by atoms with Crippen LogP contribution >= 0.6 is 0 Å². The Bertz CT molecular complexity index is 2030. The summed E-state index contributed by atoms with van der Waals surface area (Å²) in [5.74, 6) is 0.254. The summed E-state index contributed by atoms with van der Waals surface area (Å²) in [6, 6.07) is 9.45. The number of hydrogen-bond donors (Lipinski definition) is 2. The van der Waals surface area contributed by atoms with Crippen molar-refractivity contribution in [3.05, 3.63) is 95.8 Å². The zero-order chi connectivity index (χ0) is 37.3. The second-order valence-corrected chi connectivity index (χ2v) is 17.8. The number of hydrogen-bond acceptors (Lipinski definition) is 6. The number of nitrogens with zero attached hydrogens (tertiary/aromatic N) is 2. The Kier molecular flexibility index (Phi) is 11.4. The van der Waals surface area contributed by atoms with Crippen LogP contribution in [0.3, 0.4) is 0 Å². The molecule has 0 saturated carbocycles. The van der Waals surface area contributed by atoms with Gasteiger partial charge in [-0.3, -0.25) is 13.9 Å². The lowest BCUT2D eigenvalue weighted by molar-refractivity contribution is -0.438. The zero-order valence-corrected chi connectivity index (χ0v) is 32.0. The Balaban J connectivity index is 1.55. The minimum absolute atomic E-state index is 0.122. The van der Waals surface area contributed by atoms with E-state index in [1.807, 2.05) is 97.9 Å². The Hall–Kier alpha value is -3.64. The van der Waals surface area contributed by atoms with Crippen LogP contribution in [0.15, 0.2) is 94.4 Å². The van der Waals surface area contributed by atoms with Gasteiger partial charge in [-0.1, -0.05) is 65.0 Å². The van der Waals surface area contributed by atoms with E-state index < -0.39 is 31.1 Å². The van der Waals surface area contributed by atoms with Crippen LogP contribution in [-0.2, 0) is 35.9 Å². The van der Waals surface area contributed by atoms with Crippen molar-refractivity contribution in [3.8, 4) is 0 Å². The number of likely N-dealkylation sites (N-methyl/N-ethyl adjacent to an activating group) is 1. The lowest BCUT2D eigenvalue weighted by Gasteiger charge is -2.25. The number of Topliss-reactive ketones (excluding diaryl/α,β-unsaturated/α-hetero) is 1. The van der Waals surface area contributed by atoms with E-state index in [9.17, 15) is 30.7 Å². The molecule has 2 aromatic carbocycles. The number of allylic oxidation sites excluding steroid dienone is 8. The third-order valence-corrected chi connectivity index (χ3v) is 11.4. The molecular formula is C39H51N2O7S2+. The minimum Gasteiger partial charge on any atom is -0.344 e. The van der Waals surface area contributed by atoms with Crippen molar-refractivity contribution in [1.82, 2.24) is 0 Å². The molecule has 2 aromatic rings. The third kappa shape index (κ3) is 8.28. The van der Waals surface area contributed by atoms with Gasteiger partial charge < -0.3 is 4.90 Å². The molecule has 0 fully saturated rings. The van der Waals surface area contributed by atoms with Crippen LogP contribution in [0.1, 0.15) is 92.2 Å². The van der Waals surface area contributed by atoms with Crippen LogP contribution in [0.5, 0.6) is 0 Å². The van der Waals surface area contributed by atoms with Crippen LogP contribution in [0, 0.1) is 5.41 Å². The standard InChI is InChI=1S/C39H50N2O7S2/c1-9-40-32-23-21-28(49(43,44)45)26-30(32)38(5,6)34(40)18-14-11-10-12-15-19-35-39(7,8)31-27-29(50(46,47)48)22-24-33(31)41(35)25-17-13-16-20-36(42)37(2,3)4/h10-12,14-15,18-19,21-24,26-27H,9,13,16-17,20,25H2,1-8H3,(H-,43,44,45,46,47,48)/p+1. The number of carbonyl (C=O) groups is 1. The van der Waals surface area contributed by atoms with Crippen molar-refractivity contribution in [2.45, 2.75) is 102 Å². The molecule has 0 saturated heterocycles. The Morgan fingerprint density at radius 1 is 0.800 bits per heavy atom. The Labute approximate surface area is 298 Å². The van der Waals surface area contributed by atoms with Gasteiger partial charge in [0, 0.05) is 59.3 Å². The molecule has 50 heavy (non-hydrogen) atoms. The van der Waals surface area contributed by atoms with Gasteiger partial charge in [0.1, 0.15) is 12.3 Å². The van der Waals surface area contributed by atoms with Crippen molar-refractivity contribution >= 4 is 43.1 Å². The normalized spacial score (nSPS) is 18.3. The second kappa shape index (κ2) is 14.5. The van der Waals surface area contributed by atoms with E-state index in [0.29, 0.717) is 19.5 Å². The van der Waals surface area contributed by atoms with E-state index in [1.165, 1.54) is 12.1 Å². The van der Waals surface area contributed by atoms with Crippen LogP contribution in [0.2, 0.25) is 0 Å². The number of anilines is 1. The summed E-state index contributed by atoms with van der Waals surface area (Å²) in [5, 5.41) is 0. The average Bonchev–Trinajstić information content (AvgIpc) is 3.36. The summed E-state index contributed by atoms with van der Waals surface area (Å²) in [7, 11) is -8.68. The molecular weight excluding hydrogens is 673 g/mol. The van der Waals surface area contributed by atoms with Crippen molar-refractivity contribution < 1.29 is 35.3 Å².